The number of benzene rings is 1. The van der Waals surface area contributed by atoms with E-state index in [0.717, 1.165) is 24.5 Å². The van der Waals surface area contributed by atoms with Crippen molar-refractivity contribution in [3.8, 4) is 0 Å². The number of ether oxygens (including phenoxy) is 1. The number of nitrogens with zero attached hydrogens (tertiary/aromatic N) is 2. The lowest BCUT2D eigenvalue weighted by molar-refractivity contribution is -0.125. The molecule has 0 unspecified atom stereocenters. The average molecular weight is 388 g/mol. The van der Waals surface area contributed by atoms with Crippen LogP contribution in [0.3, 0.4) is 0 Å². The smallest absolute Gasteiger partial charge is 0.324 e. The summed E-state index contributed by atoms with van der Waals surface area (Å²) in [6, 6.07) is 6.59. The van der Waals surface area contributed by atoms with Crippen LogP contribution in [0.15, 0.2) is 24.3 Å². The number of imide groups is 1. The molecule has 2 N–H and O–H groups in total. The van der Waals surface area contributed by atoms with Gasteiger partial charge in [-0.2, -0.15) is 0 Å². The summed E-state index contributed by atoms with van der Waals surface area (Å²) in [5.74, 6) is 0.0685. The van der Waals surface area contributed by atoms with Crippen LogP contribution in [0.4, 0.5) is 4.79 Å². The zero-order valence-corrected chi connectivity index (χ0v) is 16.4. The molecular weight excluding hydrogens is 360 g/mol. The third kappa shape index (κ3) is 5.08. The standard InChI is InChI=1S/C20H28N4O4/c1-14(2)11-23-7-8-28-16(13-23)9-21-19(26)17-6-4-3-5-15(17)12-24-18(25)10-22-20(24)27/h3-6,14,16H,7-13H2,1-2H3,(H,21,26)(H,22,27)/t16-/m0/s1. The highest BCUT2D eigenvalue weighted by atomic mass is 16.5. The van der Waals surface area contributed by atoms with Crippen LogP contribution in [-0.4, -0.2) is 73.1 Å². The number of carbonyl (C=O) groups is 3. The maximum Gasteiger partial charge on any atom is 0.324 e. The Bertz CT molecular complexity index is 721. The summed E-state index contributed by atoms with van der Waals surface area (Å²) in [5, 5.41) is 5.43. The van der Waals surface area contributed by atoms with Crippen LogP contribution in [0.25, 0.3) is 0 Å². The van der Waals surface area contributed by atoms with Gasteiger partial charge in [0, 0.05) is 31.7 Å². The molecule has 4 amide bonds. The van der Waals surface area contributed by atoms with Crippen molar-refractivity contribution in [1.82, 2.24) is 20.4 Å². The summed E-state index contributed by atoms with van der Waals surface area (Å²) in [4.78, 5) is 39.8. The van der Waals surface area contributed by atoms with Crippen LogP contribution in [0.1, 0.15) is 29.8 Å². The Labute approximate surface area is 165 Å². The van der Waals surface area contributed by atoms with Gasteiger partial charge < -0.3 is 15.4 Å². The van der Waals surface area contributed by atoms with Crippen molar-refractivity contribution in [2.24, 2.45) is 5.92 Å². The van der Waals surface area contributed by atoms with Gasteiger partial charge in [-0.25, -0.2) is 4.79 Å². The molecule has 28 heavy (non-hydrogen) atoms. The van der Waals surface area contributed by atoms with Crippen LogP contribution < -0.4 is 10.6 Å². The van der Waals surface area contributed by atoms with Crippen LogP contribution in [0.5, 0.6) is 0 Å². The van der Waals surface area contributed by atoms with Crippen LogP contribution in [0.2, 0.25) is 0 Å². The molecule has 0 saturated carbocycles. The average Bonchev–Trinajstić information content (AvgIpc) is 2.98. The summed E-state index contributed by atoms with van der Waals surface area (Å²) >= 11 is 0. The number of nitrogens with one attached hydrogen (secondary N) is 2. The van der Waals surface area contributed by atoms with Crippen LogP contribution in [-0.2, 0) is 16.1 Å². The predicted molar refractivity (Wildman–Crippen MR) is 104 cm³/mol. The lowest BCUT2D eigenvalue weighted by Gasteiger charge is -2.34. The second-order valence-corrected chi connectivity index (χ2v) is 7.65. The molecule has 152 valence electrons. The molecule has 2 saturated heterocycles. The van der Waals surface area contributed by atoms with Gasteiger partial charge in [0.05, 0.1) is 25.8 Å². The quantitative estimate of drug-likeness (QED) is 0.675. The summed E-state index contributed by atoms with van der Waals surface area (Å²) in [7, 11) is 0. The Morgan fingerprint density at radius 3 is 2.82 bits per heavy atom. The molecule has 0 aromatic heterocycles. The molecule has 0 aliphatic carbocycles. The van der Waals surface area contributed by atoms with Gasteiger partial charge in [0.2, 0.25) is 5.91 Å². The first-order chi connectivity index (χ1) is 13.4. The second-order valence-electron chi connectivity index (χ2n) is 7.65. The number of urea groups is 1. The van der Waals surface area contributed by atoms with E-state index in [1.807, 2.05) is 0 Å². The van der Waals surface area contributed by atoms with E-state index in [1.54, 1.807) is 24.3 Å². The molecule has 0 spiro atoms. The normalized spacial score (nSPS) is 20.5. The highest BCUT2D eigenvalue weighted by molar-refractivity contribution is 6.02. The summed E-state index contributed by atoms with van der Waals surface area (Å²) < 4.78 is 5.78. The molecule has 1 aromatic rings. The minimum atomic E-state index is -0.430. The third-order valence-corrected chi connectivity index (χ3v) is 4.86. The molecule has 1 aromatic carbocycles. The zero-order valence-electron chi connectivity index (χ0n) is 16.4. The Hall–Kier alpha value is -2.45. The van der Waals surface area contributed by atoms with E-state index in [2.05, 4.69) is 29.4 Å². The summed E-state index contributed by atoms with van der Waals surface area (Å²) in [6.07, 6.45) is -0.0467. The highest BCUT2D eigenvalue weighted by Crippen LogP contribution is 2.14. The molecule has 8 nitrogen and oxygen atoms in total. The molecule has 0 bridgehead atoms. The highest BCUT2D eigenvalue weighted by Gasteiger charge is 2.29. The fraction of sp³-hybridized carbons (Fsp3) is 0.550. The minimum absolute atomic E-state index is 0.000900. The predicted octanol–water partition coefficient (Wildman–Crippen LogP) is 0.825. The Morgan fingerprint density at radius 1 is 1.32 bits per heavy atom. The topological polar surface area (TPSA) is 91.0 Å². The van der Waals surface area contributed by atoms with E-state index < -0.39 is 6.03 Å². The monoisotopic (exact) mass is 388 g/mol. The first kappa shape index (κ1) is 20.3. The van der Waals surface area contributed by atoms with E-state index in [9.17, 15) is 14.4 Å². The molecule has 2 aliphatic rings. The molecule has 3 rings (SSSR count). The number of morpholine rings is 1. The van der Waals surface area contributed by atoms with E-state index in [0.29, 0.717) is 30.2 Å². The Balaban J connectivity index is 1.59. The van der Waals surface area contributed by atoms with E-state index in [1.165, 1.54) is 0 Å². The van der Waals surface area contributed by atoms with Crippen molar-refractivity contribution in [1.29, 1.82) is 0 Å². The van der Waals surface area contributed by atoms with Crippen LogP contribution >= 0.6 is 0 Å². The molecule has 2 aliphatic heterocycles. The lowest BCUT2D eigenvalue weighted by atomic mass is 10.1. The van der Waals surface area contributed by atoms with Gasteiger partial charge in [0.15, 0.2) is 0 Å². The summed E-state index contributed by atoms with van der Waals surface area (Å²) in [6.45, 7) is 8.27. The maximum atomic E-state index is 12.7. The Kier molecular flexibility index (Phi) is 6.64. The van der Waals surface area contributed by atoms with Gasteiger partial charge >= 0.3 is 6.03 Å². The van der Waals surface area contributed by atoms with E-state index in [-0.39, 0.29) is 31.0 Å². The van der Waals surface area contributed by atoms with Gasteiger partial charge in [-0.1, -0.05) is 32.0 Å². The van der Waals surface area contributed by atoms with Crippen molar-refractivity contribution in [3.63, 3.8) is 0 Å². The SMILES string of the molecule is CC(C)CN1CCO[C@@H](CNC(=O)c2ccccc2CN2C(=O)CNC2=O)C1. The maximum absolute atomic E-state index is 12.7. The zero-order chi connectivity index (χ0) is 20.1. The fourth-order valence-electron chi connectivity index (χ4n) is 3.55. The van der Waals surface area contributed by atoms with E-state index >= 15 is 0 Å². The molecule has 8 heteroatoms. The largest absolute Gasteiger partial charge is 0.374 e. The number of carbonyl (C=O) groups excluding carboxylic acids is 3. The van der Waals surface area contributed by atoms with Gasteiger partial charge in [0.25, 0.3) is 5.91 Å². The van der Waals surface area contributed by atoms with Gasteiger partial charge in [-0.3, -0.25) is 19.4 Å². The first-order valence-electron chi connectivity index (χ1n) is 9.72. The van der Waals surface area contributed by atoms with Gasteiger partial charge in [-0.05, 0) is 17.5 Å². The number of hydrogen-bond donors (Lipinski definition) is 2. The first-order valence-corrected chi connectivity index (χ1v) is 9.72. The molecule has 0 radical (unpaired) electrons. The molecule has 2 fully saturated rings. The van der Waals surface area contributed by atoms with Gasteiger partial charge in [0.1, 0.15) is 0 Å². The van der Waals surface area contributed by atoms with Crippen molar-refractivity contribution in [2.75, 3.05) is 39.3 Å². The summed E-state index contributed by atoms with van der Waals surface area (Å²) in [5.41, 5.74) is 1.10. The van der Waals surface area contributed by atoms with Crippen molar-refractivity contribution < 1.29 is 19.1 Å². The molecule has 2 heterocycles. The van der Waals surface area contributed by atoms with Crippen molar-refractivity contribution >= 4 is 17.8 Å². The fourth-order valence-corrected chi connectivity index (χ4v) is 3.55. The minimum Gasteiger partial charge on any atom is -0.374 e. The van der Waals surface area contributed by atoms with E-state index in [4.69, 9.17) is 4.74 Å². The lowest BCUT2D eigenvalue weighted by Crippen LogP contribution is -2.48. The second kappa shape index (κ2) is 9.16. The molecule has 1 atom stereocenters. The Morgan fingerprint density at radius 2 is 2.11 bits per heavy atom. The number of rotatable bonds is 7. The third-order valence-electron chi connectivity index (χ3n) is 4.86. The van der Waals surface area contributed by atoms with Crippen molar-refractivity contribution in [2.45, 2.75) is 26.5 Å². The number of amides is 4. The molecular formula is C20H28N4O4. The van der Waals surface area contributed by atoms with Gasteiger partial charge in [-0.15, -0.1) is 0 Å². The number of hydrogen-bond acceptors (Lipinski definition) is 5. The van der Waals surface area contributed by atoms with Crippen molar-refractivity contribution in [3.05, 3.63) is 35.4 Å². The van der Waals surface area contributed by atoms with Crippen LogP contribution in [0, 0.1) is 5.92 Å².